The van der Waals surface area contributed by atoms with E-state index >= 15 is 0 Å². The second kappa shape index (κ2) is 7.20. The molecule has 0 spiro atoms. The molecule has 128 valence electrons. The Morgan fingerprint density at radius 2 is 1.83 bits per heavy atom. The van der Waals surface area contributed by atoms with E-state index in [4.69, 9.17) is 0 Å². The predicted octanol–water partition coefficient (Wildman–Crippen LogP) is 1.96. The molecule has 2 N–H and O–H groups in total. The lowest BCUT2D eigenvalue weighted by atomic mass is 10.2. The van der Waals surface area contributed by atoms with Crippen molar-refractivity contribution in [3.8, 4) is 0 Å². The number of amides is 1. The van der Waals surface area contributed by atoms with Crippen LogP contribution in [0.5, 0.6) is 0 Å². The fourth-order valence-corrected chi connectivity index (χ4v) is 3.72. The normalized spacial score (nSPS) is 12.6. The van der Waals surface area contributed by atoms with Gasteiger partial charge in [-0.25, -0.2) is 13.4 Å². The first-order chi connectivity index (χ1) is 11.2. The van der Waals surface area contributed by atoms with Gasteiger partial charge in [0.25, 0.3) is 0 Å². The molecule has 1 aromatic heterocycles. The largest absolute Gasteiger partial charge is 0.301 e. The van der Waals surface area contributed by atoms with E-state index in [2.05, 4.69) is 15.0 Å². The Morgan fingerprint density at radius 3 is 2.33 bits per heavy atom. The van der Waals surface area contributed by atoms with Crippen molar-refractivity contribution in [2.45, 2.75) is 31.7 Å². The zero-order valence-corrected chi connectivity index (χ0v) is 15.0. The van der Waals surface area contributed by atoms with E-state index in [1.807, 2.05) is 6.92 Å². The van der Waals surface area contributed by atoms with Gasteiger partial charge in [-0.15, -0.1) is 11.3 Å². The van der Waals surface area contributed by atoms with Crippen LogP contribution in [-0.4, -0.2) is 31.1 Å². The molecule has 0 fully saturated rings. The number of aryl methyl sites for hydroxylation is 1. The highest BCUT2D eigenvalue weighted by Gasteiger charge is 2.22. The first-order valence-electron chi connectivity index (χ1n) is 7.05. The molecule has 0 aliphatic carbocycles. The molecule has 1 atom stereocenters. The quantitative estimate of drug-likeness (QED) is 0.759. The summed E-state index contributed by atoms with van der Waals surface area (Å²) in [6, 6.07) is 4.54. The van der Waals surface area contributed by atoms with Crippen LogP contribution < -0.4 is 10.0 Å². The molecular formula is C15H17N3O4S2. The Bertz CT molecular complexity index is 857. The van der Waals surface area contributed by atoms with Gasteiger partial charge in [0.2, 0.25) is 15.9 Å². The average Bonchev–Trinajstić information content (AvgIpc) is 2.92. The zero-order valence-electron chi connectivity index (χ0n) is 13.4. The van der Waals surface area contributed by atoms with Gasteiger partial charge in [0.15, 0.2) is 10.9 Å². The highest BCUT2D eigenvalue weighted by Crippen LogP contribution is 2.17. The second-order valence-electron chi connectivity index (χ2n) is 5.19. The van der Waals surface area contributed by atoms with Crippen LogP contribution in [0.2, 0.25) is 0 Å². The minimum atomic E-state index is -3.87. The van der Waals surface area contributed by atoms with E-state index in [0.29, 0.717) is 10.7 Å². The van der Waals surface area contributed by atoms with Crippen LogP contribution in [0.1, 0.15) is 29.1 Å². The topological polar surface area (TPSA) is 105 Å². The number of hydrogen-bond donors (Lipinski definition) is 2. The Hall–Kier alpha value is -2.10. The molecule has 9 heteroatoms. The van der Waals surface area contributed by atoms with Crippen molar-refractivity contribution in [2.75, 3.05) is 5.32 Å². The lowest BCUT2D eigenvalue weighted by Crippen LogP contribution is -2.41. The maximum absolute atomic E-state index is 12.3. The smallest absolute Gasteiger partial charge is 0.244 e. The highest BCUT2D eigenvalue weighted by atomic mass is 32.2. The van der Waals surface area contributed by atoms with Crippen LogP contribution in [0.15, 0.2) is 35.4 Å². The van der Waals surface area contributed by atoms with Gasteiger partial charge in [0.05, 0.1) is 10.9 Å². The van der Waals surface area contributed by atoms with Gasteiger partial charge in [0, 0.05) is 16.6 Å². The second-order valence-corrected chi connectivity index (χ2v) is 8.14. The van der Waals surface area contributed by atoms with Gasteiger partial charge < -0.3 is 5.32 Å². The average molecular weight is 367 g/mol. The van der Waals surface area contributed by atoms with Gasteiger partial charge in [-0.1, -0.05) is 12.1 Å². The molecule has 1 heterocycles. The number of carbonyl (C=O) groups excluding carboxylic acids is 2. The van der Waals surface area contributed by atoms with Crippen molar-refractivity contribution in [3.05, 3.63) is 40.9 Å². The fourth-order valence-electron chi connectivity index (χ4n) is 1.85. The van der Waals surface area contributed by atoms with Crippen LogP contribution >= 0.6 is 11.3 Å². The highest BCUT2D eigenvalue weighted by molar-refractivity contribution is 7.89. The lowest BCUT2D eigenvalue weighted by molar-refractivity contribution is -0.117. The van der Waals surface area contributed by atoms with Crippen molar-refractivity contribution in [2.24, 2.45) is 0 Å². The first-order valence-corrected chi connectivity index (χ1v) is 9.35. The Balaban J connectivity index is 2.07. The summed E-state index contributed by atoms with van der Waals surface area (Å²) in [6.45, 7) is 4.69. The monoisotopic (exact) mass is 367 g/mol. The first kappa shape index (κ1) is 18.2. The SMILES string of the molecule is CC(=O)c1ccc(S(=O)(=O)NC(C)C(=O)Nc2ncc(C)s2)cc1. The number of sulfonamides is 1. The maximum Gasteiger partial charge on any atom is 0.244 e. The van der Waals surface area contributed by atoms with Crippen molar-refractivity contribution < 1.29 is 18.0 Å². The van der Waals surface area contributed by atoms with E-state index < -0.39 is 22.0 Å². The summed E-state index contributed by atoms with van der Waals surface area (Å²) in [5.41, 5.74) is 0.416. The predicted molar refractivity (Wildman–Crippen MR) is 91.7 cm³/mol. The van der Waals surface area contributed by atoms with E-state index in [1.165, 1.54) is 49.4 Å². The molecule has 1 unspecified atom stereocenters. The number of ketones is 1. The standard InChI is InChI=1S/C15H17N3O4S2/c1-9-8-16-15(23-9)17-14(20)10(2)18-24(21,22)13-6-4-12(5-7-13)11(3)19/h4-8,10,18H,1-3H3,(H,16,17,20). The Kier molecular flexibility index (Phi) is 5.47. The summed E-state index contributed by atoms with van der Waals surface area (Å²) in [4.78, 5) is 28.2. The molecule has 2 aromatic rings. The molecule has 0 aliphatic rings. The molecule has 7 nitrogen and oxygen atoms in total. The molecule has 1 amide bonds. The number of nitrogens with one attached hydrogen (secondary N) is 2. The van der Waals surface area contributed by atoms with Gasteiger partial charge in [-0.05, 0) is 32.9 Å². The third-order valence-corrected chi connectivity index (χ3v) is 5.53. The van der Waals surface area contributed by atoms with Gasteiger partial charge in [-0.2, -0.15) is 4.72 Å². The van der Waals surface area contributed by atoms with Crippen molar-refractivity contribution in [1.82, 2.24) is 9.71 Å². The number of aromatic nitrogens is 1. The summed E-state index contributed by atoms with van der Waals surface area (Å²) in [5.74, 6) is -0.660. The third-order valence-electron chi connectivity index (χ3n) is 3.15. The molecule has 0 radical (unpaired) electrons. The summed E-state index contributed by atoms with van der Waals surface area (Å²) >= 11 is 1.30. The van der Waals surface area contributed by atoms with Crippen molar-refractivity contribution >= 4 is 38.2 Å². The van der Waals surface area contributed by atoms with Gasteiger partial charge >= 0.3 is 0 Å². The minimum absolute atomic E-state index is 0.0164. The summed E-state index contributed by atoms with van der Waals surface area (Å²) in [5, 5.41) is 2.97. The maximum atomic E-state index is 12.3. The molecule has 2 rings (SSSR count). The number of rotatable bonds is 6. The molecule has 0 saturated heterocycles. The van der Waals surface area contributed by atoms with Crippen molar-refractivity contribution in [3.63, 3.8) is 0 Å². The van der Waals surface area contributed by atoms with Gasteiger partial charge in [-0.3, -0.25) is 9.59 Å². The number of hydrogen-bond acceptors (Lipinski definition) is 6. The van der Waals surface area contributed by atoms with Crippen LogP contribution in [-0.2, 0) is 14.8 Å². The van der Waals surface area contributed by atoms with Crippen LogP contribution in [0.4, 0.5) is 5.13 Å². The number of thiazole rings is 1. The number of nitrogens with zero attached hydrogens (tertiary/aromatic N) is 1. The molecule has 24 heavy (non-hydrogen) atoms. The minimum Gasteiger partial charge on any atom is -0.301 e. The Labute approximate surface area is 144 Å². The summed E-state index contributed by atoms with van der Waals surface area (Å²) in [6.07, 6.45) is 1.62. The van der Waals surface area contributed by atoms with Crippen LogP contribution in [0.3, 0.4) is 0 Å². The number of anilines is 1. The lowest BCUT2D eigenvalue weighted by Gasteiger charge is -2.13. The molecule has 0 saturated carbocycles. The van der Waals surface area contributed by atoms with Crippen LogP contribution in [0, 0.1) is 6.92 Å². The van der Waals surface area contributed by atoms with Crippen LogP contribution in [0.25, 0.3) is 0 Å². The number of Topliss-reactive ketones (excluding diaryl/α,β-unsaturated/α-hetero) is 1. The Morgan fingerprint density at radius 1 is 1.21 bits per heavy atom. The van der Waals surface area contributed by atoms with E-state index in [-0.39, 0.29) is 10.7 Å². The molecule has 0 bridgehead atoms. The van der Waals surface area contributed by atoms with E-state index in [9.17, 15) is 18.0 Å². The zero-order chi connectivity index (χ0) is 17.9. The van der Waals surface area contributed by atoms with Gasteiger partial charge in [0.1, 0.15) is 0 Å². The number of benzene rings is 1. The molecule has 0 aliphatic heterocycles. The summed E-state index contributed by atoms with van der Waals surface area (Å²) < 4.78 is 26.9. The fraction of sp³-hybridized carbons (Fsp3) is 0.267. The molecular weight excluding hydrogens is 350 g/mol. The van der Waals surface area contributed by atoms with E-state index in [0.717, 1.165) is 4.88 Å². The third kappa shape index (κ3) is 4.47. The van der Waals surface area contributed by atoms with Crippen molar-refractivity contribution in [1.29, 1.82) is 0 Å². The summed E-state index contributed by atoms with van der Waals surface area (Å²) in [7, 11) is -3.87. The number of carbonyl (C=O) groups is 2. The molecule has 1 aromatic carbocycles. The van der Waals surface area contributed by atoms with E-state index in [1.54, 1.807) is 6.20 Å².